The smallest absolute Gasteiger partial charge is 0.221 e. The van der Waals surface area contributed by atoms with Crippen LogP contribution in [0.2, 0.25) is 0 Å². The third kappa shape index (κ3) is 5.02. The second kappa shape index (κ2) is 8.77. The zero-order valence-electron chi connectivity index (χ0n) is 15.2. The monoisotopic (exact) mass is 347 g/mol. The number of halogens is 1. The number of carbonyl (C=O) groups is 1. The highest BCUT2D eigenvalue weighted by atomic mass is 19.1. The Labute approximate surface area is 150 Å². The van der Waals surface area contributed by atoms with Crippen LogP contribution in [-0.4, -0.2) is 61.0 Å². The highest BCUT2D eigenvalue weighted by Gasteiger charge is 2.29. The second-order valence-corrected chi connectivity index (χ2v) is 7.29. The van der Waals surface area contributed by atoms with Gasteiger partial charge in [0.15, 0.2) is 0 Å². The zero-order valence-corrected chi connectivity index (χ0v) is 15.2. The van der Waals surface area contributed by atoms with Crippen LogP contribution in [0.25, 0.3) is 0 Å². The molecule has 1 N–H and O–H groups in total. The van der Waals surface area contributed by atoms with Crippen molar-refractivity contribution in [3.63, 3.8) is 0 Å². The number of amides is 1. The fourth-order valence-electron chi connectivity index (χ4n) is 4.11. The van der Waals surface area contributed by atoms with Crippen LogP contribution in [0, 0.1) is 5.82 Å². The fourth-order valence-corrected chi connectivity index (χ4v) is 4.11. The minimum atomic E-state index is -0.203. The summed E-state index contributed by atoms with van der Waals surface area (Å²) in [5.74, 6) is 0.264. The van der Waals surface area contributed by atoms with Crippen molar-refractivity contribution >= 4 is 5.91 Å². The van der Waals surface area contributed by atoms with Crippen molar-refractivity contribution in [1.29, 1.82) is 0 Å². The van der Waals surface area contributed by atoms with Crippen molar-refractivity contribution in [3.05, 3.63) is 35.6 Å². The molecular formula is C20H30FN3O. The molecule has 2 atom stereocenters. The van der Waals surface area contributed by atoms with Crippen molar-refractivity contribution in [3.8, 4) is 0 Å². The van der Waals surface area contributed by atoms with Gasteiger partial charge in [-0.1, -0.05) is 25.5 Å². The predicted molar refractivity (Wildman–Crippen MR) is 98.1 cm³/mol. The molecule has 1 saturated heterocycles. The molecular weight excluding hydrogens is 317 g/mol. The average Bonchev–Trinajstić information content (AvgIpc) is 3.09. The number of rotatable bonds is 6. The highest BCUT2D eigenvalue weighted by Crippen LogP contribution is 2.34. The number of likely N-dealkylation sites (N-methyl/N-ethyl adjacent to an activating group) is 1. The van der Waals surface area contributed by atoms with E-state index in [-0.39, 0.29) is 17.8 Å². The lowest BCUT2D eigenvalue weighted by molar-refractivity contribution is -0.122. The SMILES string of the molecule is CCN1CCN(CCC(=O)N[C@@H]2CCC[C@@H]2c2ccc(F)cc2)CC1. The summed E-state index contributed by atoms with van der Waals surface area (Å²) in [6.07, 6.45) is 3.77. The largest absolute Gasteiger partial charge is 0.353 e. The molecule has 3 rings (SSSR count). The Hall–Kier alpha value is -1.46. The summed E-state index contributed by atoms with van der Waals surface area (Å²) < 4.78 is 13.1. The quantitative estimate of drug-likeness (QED) is 0.859. The Morgan fingerprint density at radius 2 is 1.80 bits per heavy atom. The minimum absolute atomic E-state index is 0.150. The normalized spacial score (nSPS) is 25.2. The molecule has 1 aliphatic heterocycles. The average molecular weight is 347 g/mol. The third-order valence-corrected chi connectivity index (χ3v) is 5.73. The zero-order chi connectivity index (χ0) is 17.6. The summed E-state index contributed by atoms with van der Waals surface area (Å²) in [7, 11) is 0. The maximum absolute atomic E-state index is 13.1. The Balaban J connectivity index is 1.45. The summed E-state index contributed by atoms with van der Waals surface area (Å²) in [6, 6.07) is 6.94. The molecule has 1 aromatic carbocycles. The van der Waals surface area contributed by atoms with E-state index in [1.807, 2.05) is 12.1 Å². The molecule has 1 saturated carbocycles. The van der Waals surface area contributed by atoms with E-state index in [2.05, 4.69) is 22.0 Å². The van der Waals surface area contributed by atoms with E-state index in [9.17, 15) is 9.18 Å². The van der Waals surface area contributed by atoms with Crippen LogP contribution in [0.4, 0.5) is 4.39 Å². The van der Waals surface area contributed by atoms with Crippen molar-refractivity contribution in [2.24, 2.45) is 0 Å². The van der Waals surface area contributed by atoms with Crippen molar-refractivity contribution in [2.45, 2.75) is 44.6 Å². The Morgan fingerprint density at radius 3 is 2.48 bits per heavy atom. The van der Waals surface area contributed by atoms with E-state index in [0.29, 0.717) is 12.3 Å². The van der Waals surface area contributed by atoms with E-state index in [1.165, 1.54) is 12.1 Å². The van der Waals surface area contributed by atoms with Crippen molar-refractivity contribution in [2.75, 3.05) is 39.3 Å². The molecule has 0 bridgehead atoms. The van der Waals surface area contributed by atoms with Crippen molar-refractivity contribution < 1.29 is 9.18 Å². The lowest BCUT2D eigenvalue weighted by Gasteiger charge is -2.34. The molecule has 138 valence electrons. The van der Waals surface area contributed by atoms with Gasteiger partial charge in [-0.3, -0.25) is 4.79 Å². The van der Waals surface area contributed by atoms with Gasteiger partial charge >= 0.3 is 0 Å². The van der Waals surface area contributed by atoms with Gasteiger partial charge in [0.2, 0.25) is 5.91 Å². The van der Waals surface area contributed by atoms with E-state index in [4.69, 9.17) is 0 Å². The lowest BCUT2D eigenvalue weighted by atomic mass is 9.94. The lowest BCUT2D eigenvalue weighted by Crippen LogP contribution is -2.47. The molecule has 0 unspecified atom stereocenters. The van der Waals surface area contributed by atoms with Gasteiger partial charge in [-0.25, -0.2) is 4.39 Å². The molecule has 1 aliphatic carbocycles. The Kier molecular flexibility index (Phi) is 6.43. The predicted octanol–water partition coefficient (Wildman–Crippen LogP) is 2.61. The third-order valence-electron chi connectivity index (χ3n) is 5.73. The van der Waals surface area contributed by atoms with Gasteiger partial charge in [-0.15, -0.1) is 0 Å². The fraction of sp³-hybridized carbons (Fsp3) is 0.650. The van der Waals surface area contributed by atoms with Crippen LogP contribution in [0.1, 0.15) is 44.1 Å². The van der Waals surface area contributed by atoms with E-state index in [0.717, 1.165) is 64.1 Å². The molecule has 4 nitrogen and oxygen atoms in total. The number of hydrogen-bond acceptors (Lipinski definition) is 3. The number of benzene rings is 1. The molecule has 25 heavy (non-hydrogen) atoms. The van der Waals surface area contributed by atoms with Crippen LogP contribution in [-0.2, 0) is 4.79 Å². The van der Waals surface area contributed by atoms with Crippen LogP contribution in [0.5, 0.6) is 0 Å². The number of hydrogen-bond donors (Lipinski definition) is 1. The highest BCUT2D eigenvalue weighted by molar-refractivity contribution is 5.76. The summed E-state index contributed by atoms with van der Waals surface area (Å²) in [4.78, 5) is 17.2. The molecule has 1 heterocycles. The Bertz CT molecular complexity index is 555. The molecule has 2 aliphatic rings. The minimum Gasteiger partial charge on any atom is -0.353 e. The first-order valence-electron chi connectivity index (χ1n) is 9.65. The van der Waals surface area contributed by atoms with Gasteiger partial charge in [-0.05, 0) is 37.1 Å². The van der Waals surface area contributed by atoms with Gasteiger partial charge < -0.3 is 15.1 Å². The molecule has 0 radical (unpaired) electrons. The first-order valence-corrected chi connectivity index (χ1v) is 9.65. The summed E-state index contributed by atoms with van der Waals surface area (Å²) in [5, 5.41) is 3.23. The number of nitrogens with one attached hydrogen (secondary N) is 1. The van der Waals surface area contributed by atoms with Crippen LogP contribution < -0.4 is 5.32 Å². The molecule has 2 fully saturated rings. The van der Waals surface area contributed by atoms with Gasteiger partial charge in [0.1, 0.15) is 5.82 Å². The van der Waals surface area contributed by atoms with E-state index < -0.39 is 0 Å². The summed E-state index contributed by atoms with van der Waals surface area (Å²) in [5.41, 5.74) is 1.14. The maximum Gasteiger partial charge on any atom is 0.221 e. The topological polar surface area (TPSA) is 35.6 Å². The number of nitrogens with zero attached hydrogens (tertiary/aromatic N) is 2. The number of piperazine rings is 1. The van der Waals surface area contributed by atoms with E-state index in [1.54, 1.807) is 0 Å². The number of carbonyl (C=O) groups excluding carboxylic acids is 1. The van der Waals surface area contributed by atoms with Crippen LogP contribution in [0.3, 0.4) is 0 Å². The molecule has 1 amide bonds. The standard InChI is InChI=1S/C20H30FN3O/c1-2-23-12-14-24(15-13-23)11-10-20(25)22-19-5-3-4-18(19)16-6-8-17(21)9-7-16/h6-9,18-19H,2-5,10-15H2,1H3,(H,22,25)/t18-,19-/m1/s1. The van der Waals surface area contributed by atoms with Crippen LogP contribution >= 0.6 is 0 Å². The maximum atomic E-state index is 13.1. The van der Waals surface area contributed by atoms with Gasteiger partial charge in [0.05, 0.1) is 0 Å². The van der Waals surface area contributed by atoms with Crippen molar-refractivity contribution in [1.82, 2.24) is 15.1 Å². The Morgan fingerprint density at radius 1 is 1.12 bits per heavy atom. The van der Waals surface area contributed by atoms with Gasteiger partial charge in [0.25, 0.3) is 0 Å². The second-order valence-electron chi connectivity index (χ2n) is 7.29. The molecule has 1 aromatic rings. The molecule has 5 heteroatoms. The van der Waals surface area contributed by atoms with E-state index >= 15 is 0 Å². The molecule has 0 spiro atoms. The van der Waals surface area contributed by atoms with Crippen LogP contribution in [0.15, 0.2) is 24.3 Å². The van der Waals surface area contributed by atoms with Gasteiger partial charge in [0, 0.05) is 51.1 Å². The first kappa shape index (κ1) is 18.3. The summed E-state index contributed by atoms with van der Waals surface area (Å²) >= 11 is 0. The van der Waals surface area contributed by atoms with Gasteiger partial charge in [-0.2, -0.15) is 0 Å². The summed E-state index contributed by atoms with van der Waals surface area (Å²) in [6.45, 7) is 8.48. The molecule has 0 aromatic heterocycles. The first-order chi connectivity index (χ1) is 12.2.